The van der Waals surface area contributed by atoms with Crippen molar-refractivity contribution in [1.82, 2.24) is 9.80 Å². The van der Waals surface area contributed by atoms with Gasteiger partial charge in [0.15, 0.2) is 0 Å². The fraction of sp³-hybridized carbons (Fsp3) is 0.500. The second kappa shape index (κ2) is 11.4. The third-order valence-corrected chi connectivity index (χ3v) is 8.52. The van der Waals surface area contributed by atoms with Crippen molar-refractivity contribution < 1.29 is 28.6 Å². The zero-order chi connectivity index (χ0) is 27.6. The number of hydrogen-bond acceptors (Lipinski definition) is 6. The number of anilines is 1. The molecule has 2 aliphatic rings. The van der Waals surface area contributed by atoms with E-state index in [-0.39, 0.29) is 35.3 Å². The second-order valence-electron chi connectivity index (χ2n) is 10.3. The van der Waals surface area contributed by atoms with E-state index in [1.165, 1.54) is 24.8 Å². The number of methoxy groups -OCH3 is 1. The summed E-state index contributed by atoms with van der Waals surface area (Å²) in [4.78, 5) is 29.0. The smallest absolute Gasteiger partial charge is 0.408 e. The third kappa shape index (κ3) is 5.40. The SMILES string of the molecule is COC(=O)[C@@H]1C[C@H](Oc2cc(F)cc(N(C)C3CCC(c4ccccc4)(N(C)C)CC3)c2Cl)CN1C(=O)O. The van der Waals surface area contributed by atoms with Gasteiger partial charge in [0.2, 0.25) is 0 Å². The molecule has 0 spiro atoms. The molecule has 1 heterocycles. The largest absolute Gasteiger partial charge is 0.487 e. The van der Waals surface area contributed by atoms with Crippen LogP contribution in [0.3, 0.4) is 0 Å². The molecule has 2 atom stereocenters. The molecule has 2 fully saturated rings. The number of esters is 1. The number of likely N-dealkylation sites (tertiary alicyclic amines) is 1. The molecular formula is C28H35ClFN3O5. The van der Waals surface area contributed by atoms with E-state index in [1.54, 1.807) is 0 Å². The average Bonchev–Trinajstić information content (AvgIpc) is 3.34. The van der Waals surface area contributed by atoms with Gasteiger partial charge in [-0.1, -0.05) is 41.9 Å². The molecule has 0 aromatic heterocycles. The highest BCUT2D eigenvalue weighted by Crippen LogP contribution is 2.44. The van der Waals surface area contributed by atoms with Crippen molar-refractivity contribution in [2.24, 2.45) is 0 Å². The highest BCUT2D eigenvalue weighted by atomic mass is 35.5. The van der Waals surface area contributed by atoms with Crippen LogP contribution in [-0.4, -0.2) is 80.0 Å². The lowest BCUT2D eigenvalue weighted by atomic mass is 9.73. The lowest BCUT2D eigenvalue weighted by Crippen LogP contribution is -2.48. The number of carbonyl (C=O) groups is 2. The van der Waals surface area contributed by atoms with Crippen LogP contribution in [0.15, 0.2) is 42.5 Å². The van der Waals surface area contributed by atoms with Crippen LogP contribution in [0, 0.1) is 5.82 Å². The quantitative estimate of drug-likeness (QED) is 0.489. The minimum absolute atomic E-state index is 0.0537. The Morgan fingerprint density at radius 1 is 1.13 bits per heavy atom. The molecule has 1 saturated heterocycles. The van der Waals surface area contributed by atoms with Crippen LogP contribution >= 0.6 is 11.6 Å². The molecule has 8 nitrogen and oxygen atoms in total. The van der Waals surface area contributed by atoms with Crippen LogP contribution in [0.2, 0.25) is 5.02 Å². The summed E-state index contributed by atoms with van der Waals surface area (Å²) in [5.41, 5.74) is 1.75. The number of benzene rings is 2. The van der Waals surface area contributed by atoms with Crippen LogP contribution in [0.25, 0.3) is 0 Å². The van der Waals surface area contributed by atoms with Gasteiger partial charge in [0.05, 0.1) is 19.3 Å². The van der Waals surface area contributed by atoms with Crippen molar-refractivity contribution in [2.75, 3.05) is 39.7 Å². The molecule has 0 unspecified atom stereocenters. The lowest BCUT2D eigenvalue weighted by molar-refractivity contribution is -0.145. The number of carbonyl (C=O) groups excluding carboxylic acids is 1. The highest BCUT2D eigenvalue weighted by Gasteiger charge is 2.42. The Morgan fingerprint density at radius 3 is 2.37 bits per heavy atom. The number of hydrogen-bond donors (Lipinski definition) is 1. The highest BCUT2D eigenvalue weighted by molar-refractivity contribution is 6.34. The predicted molar refractivity (Wildman–Crippen MR) is 143 cm³/mol. The molecule has 1 aliphatic carbocycles. The Morgan fingerprint density at radius 2 is 1.79 bits per heavy atom. The third-order valence-electron chi connectivity index (χ3n) is 8.14. The first-order valence-corrected chi connectivity index (χ1v) is 13.1. The normalized spacial score (nSPS) is 25.3. The summed E-state index contributed by atoms with van der Waals surface area (Å²) in [6, 6.07) is 12.3. The monoisotopic (exact) mass is 547 g/mol. The summed E-state index contributed by atoms with van der Waals surface area (Å²) in [5, 5.41) is 9.74. The standard InChI is InChI=1S/C28H35ClFN3O5/c1-31(2)28(18-8-6-5-7-9-18)12-10-20(11-13-28)32(3)22-14-19(30)15-24(25(22)29)38-21-16-23(26(34)37-4)33(17-21)27(35)36/h5-9,14-15,20-21,23H,10-13,16-17H2,1-4H3,(H,35,36)/t20?,21-,23-,28?/m0/s1. The fourth-order valence-electron chi connectivity index (χ4n) is 5.93. The Hall–Kier alpha value is -3.04. The van der Waals surface area contributed by atoms with E-state index in [0.717, 1.165) is 30.6 Å². The molecule has 0 radical (unpaired) electrons. The fourth-order valence-corrected chi connectivity index (χ4v) is 6.22. The first kappa shape index (κ1) is 28.0. The zero-order valence-corrected chi connectivity index (χ0v) is 22.9. The predicted octanol–water partition coefficient (Wildman–Crippen LogP) is 4.99. The number of amides is 1. The van der Waals surface area contributed by atoms with Crippen LogP contribution in [-0.2, 0) is 15.1 Å². The molecule has 1 aliphatic heterocycles. The van der Waals surface area contributed by atoms with Gasteiger partial charge in [-0.15, -0.1) is 0 Å². The first-order chi connectivity index (χ1) is 18.1. The molecule has 4 rings (SSSR count). The summed E-state index contributed by atoms with van der Waals surface area (Å²) >= 11 is 6.74. The van der Waals surface area contributed by atoms with E-state index in [0.29, 0.717) is 5.69 Å². The van der Waals surface area contributed by atoms with Gasteiger partial charge in [-0.2, -0.15) is 0 Å². The van der Waals surface area contributed by atoms with Crippen LogP contribution < -0.4 is 9.64 Å². The van der Waals surface area contributed by atoms with Crippen LogP contribution in [0.4, 0.5) is 14.9 Å². The number of halogens is 2. The maximum absolute atomic E-state index is 14.8. The molecular weight excluding hydrogens is 513 g/mol. The van der Waals surface area contributed by atoms with E-state index in [9.17, 15) is 19.1 Å². The minimum atomic E-state index is -1.25. The van der Waals surface area contributed by atoms with E-state index in [1.807, 2.05) is 18.0 Å². The van der Waals surface area contributed by atoms with E-state index in [4.69, 9.17) is 21.1 Å². The Labute approximate surface area is 227 Å². The molecule has 1 N–H and O–H groups in total. The molecule has 1 amide bonds. The van der Waals surface area contributed by atoms with Crippen molar-refractivity contribution in [3.63, 3.8) is 0 Å². The zero-order valence-electron chi connectivity index (χ0n) is 22.2. The van der Waals surface area contributed by atoms with Gasteiger partial charge in [-0.25, -0.2) is 14.0 Å². The molecule has 1 saturated carbocycles. The van der Waals surface area contributed by atoms with Gasteiger partial charge in [-0.3, -0.25) is 9.80 Å². The van der Waals surface area contributed by atoms with Gasteiger partial charge < -0.3 is 19.5 Å². The Bertz CT molecular complexity index is 1160. The molecule has 2 aromatic carbocycles. The molecule has 0 bridgehead atoms. The van der Waals surface area contributed by atoms with Gasteiger partial charge in [0, 0.05) is 31.1 Å². The number of rotatable bonds is 7. The number of ether oxygens (including phenoxy) is 2. The van der Waals surface area contributed by atoms with Crippen molar-refractivity contribution in [3.8, 4) is 5.75 Å². The minimum Gasteiger partial charge on any atom is -0.487 e. The molecule has 2 aromatic rings. The Kier molecular flexibility index (Phi) is 8.37. The number of nitrogens with zero attached hydrogens (tertiary/aromatic N) is 3. The average molecular weight is 548 g/mol. The van der Waals surface area contributed by atoms with Gasteiger partial charge in [-0.05, 0) is 51.4 Å². The first-order valence-electron chi connectivity index (χ1n) is 12.8. The van der Waals surface area contributed by atoms with E-state index < -0.39 is 30.0 Å². The molecule has 38 heavy (non-hydrogen) atoms. The van der Waals surface area contributed by atoms with Crippen LogP contribution in [0.5, 0.6) is 5.75 Å². The summed E-state index contributed by atoms with van der Waals surface area (Å²) < 4.78 is 25.5. The topological polar surface area (TPSA) is 82.6 Å². The maximum Gasteiger partial charge on any atom is 0.408 e. The lowest BCUT2D eigenvalue weighted by Gasteiger charge is -2.47. The van der Waals surface area contributed by atoms with Crippen molar-refractivity contribution >= 4 is 29.4 Å². The summed E-state index contributed by atoms with van der Waals surface area (Å²) in [7, 11) is 7.35. The summed E-state index contributed by atoms with van der Waals surface area (Å²) in [6.07, 6.45) is 1.83. The van der Waals surface area contributed by atoms with E-state index in [2.05, 4.69) is 43.3 Å². The van der Waals surface area contributed by atoms with Gasteiger partial charge in [0.1, 0.15) is 28.7 Å². The second-order valence-corrected chi connectivity index (χ2v) is 10.7. The van der Waals surface area contributed by atoms with Crippen molar-refractivity contribution in [1.29, 1.82) is 0 Å². The van der Waals surface area contributed by atoms with Crippen molar-refractivity contribution in [3.05, 3.63) is 58.9 Å². The Balaban J connectivity index is 1.51. The van der Waals surface area contributed by atoms with Crippen LogP contribution in [0.1, 0.15) is 37.7 Å². The summed E-state index contributed by atoms with van der Waals surface area (Å²) in [5.74, 6) is -1.05. The molecule has 206 valence electrons. The van der Waals surface area contributed by atoms with E-state index >= 15 is 0 Å². The van der Waals surface area contributed by atoms with Gasteiger partial charge in [0.25, 0.3) is 0 Å². The maximum atomic E-state index is 14.8. The summed E-state index contributed by atoms with van der Waals surface area (Å²) in [6.45, 7) is -0.0537. The molecule has 10 heteroatoms. The number of carboxylic acid groups (broad SMARTS) is 1. The van der Waals surface area contributed by atoms with Crippen molar-refractivity contribution in [2.45, 2.75) is 55.8 Å². The van der Waals surface area contributed by atoms with Gasteiger partial charge >= 0.3 is 12.1 Å².